The number of benzene rings is 2. The van der Waals surface area contributed by atoms with Crippen LogP contribution >= 0.6 is 0 Å². The molecule has 14 nitrogen and oxygen atoms in total. The summed E-state index contributed by atoms with van der Waals surface area (Å²) < 4.78 is 12.8. The normalized spacial score (nSPS) is 17.4. The predicted molar refractivity (Wildman–Crippen MR) is 149 cm³/mol. The van der Waals surface area contributed by atoms with Crippen molar-refractivity contribution in [2.75, 3.05) is 44.5 Å². The van der Waals surface area contributed by atoms with E-state index in [0.29, 0.717) is 22.9 Å². The SMILES string of the molecule is COc1ccc(NC(=O)N(C)C[C@H]2Oc3ccc(NC(=O)Cn4cnnn4)cc3C(=O)N([C@H](C)CO)C[C@@H]2C)cc1. The molecule has 0 bridgehead atoms. The zero-order valence-corrected chi connectivity index (χ0v) is 23.4. The zero-order chi connectivity index (χ0) is 29.5. The molecule has 4 amide bonds. The lowest BCUT2D eigenvalue weighted by Gasteiger charge is -2.38. The molecule has 4 rings (SSSR count). The Morgan fingerprint density at radius 3 is 2.59 bits per heavy atom. The minimum atomic E-state index is -0.484. The molecule has 0 spiro atoms. The summed E-state index contributed by atoms with van der Waals surface area (Å²) in [5, 5.41) is 26.2. The molecule has 0 unspecified atom stereocenters. The summed E-state index contributed by atoms with van der Waals surface area (Å²) >= 11 is 0. The molecule has 1 aliphatic rings. The minimum Gasteiger partial charge on any atom is -0.497 e. The Morgan fingerprint density at radius 1 is 1.20 bits per heavy atom. The number of likely N-dealkylation sites (N-methyl/N-ethyl adjacent to an activating group) is 1. The third-order valence-electron chi connectivity index (χ3n) is 6.79. The number of urea groups is 1. The first-order valence-electron chi connectivity index (χ1n) is 13.1. The summed E-state index contributed by atoms with van der Waals surface area (Å²) in [6.45, 7) is 3.87. The van der Waals surface area contributed by atoms with Crippen molar-refractivity contribution in [1.29, 1.82) is 0 Å². The maximum absolute atomic E-state index is 13.6. The van der Waals surface area contributed by atoms with E-state index in [1.807, 2.05) is 6.92 Å². The number of aromatic nitrogens is 4. The van der Waals surface area contributed by atoms with Crippen molar-refractivity contribution in [2.45, 2.75) is 32.5 Å². The number of hydrogen-bond acceptors (Lipinski definition) is 9. The Morgan fingerprint density at radius 2 is 1.93 bits per heavy atom. The number of fused-ring (bicyclic) bond motifs is 1. The van der Waals surface area contributed by atoms with Gasteiger partial charge in [0.05, 0.1) is 31.9 Å². The fourth-order valence-corrected chi connectivity index (χ4v) is 4.36. The molecule has 0 saturated heterocycles. The van der Waals surface area contributed by atoms with Crippen LogP contribution in [0.15, 0.2) is 48.8 Å². The molecule has 0 fully saturated rings. The van der Waals surface area contributed by atoms with Crippen LogP contribution < -0.4 is 20.1 Å². The smallest absolute Gasteiger partial charge is 0.321 e. The number of carbonyl (C=O) groups is 3. The molecule has 1 aromatic heterocycles. The number of nitrogens with one attached hydrogen (secondary N) is 2. The van der Waals surface area contributed by atoms with E-state index in [1.165, 1.54) is 15.9 Å². The molecule has 3 atom stereocenters. The number of anilines is 2. The summed E-state index contributed by atoms with van der Waals surface area (Å²) in [6, 6.07) is 11.0. The molecule has 0 aliphatic carbocycles. The number of tetrazole rings is 1. The summed E-state index contributed by atoms with van der Waals surface area (Å²) in [5.41, 5.74) is 1.23. The molecule has 3 aromatic rings. The number of amides is 4. The highest BCUT2D eigenvalue weighted by molar-refractivity contribution is 6.00. The number of ether oxygens (including phenoxy) is 2. The minimum absolute atomic E-state index is 0.104. The topological polar surface area (TPSA) is 164 Å². The van der Waals surface area contributed by atoms with E-state index in [2.05, 4.69) is 26.2 Å². The Balaban J connectivity index is 1.53. The van der Waals surface area contributed by atoms with Gasteiger partial charge < -0.3 is 35.0 Å². The zero-order valence-electron chi connectivity index (χ0n) is 23.4. The van der Waals surface area contributed by atoms with Gasteiger partial charge in [-0.05, 0) is 59.8 Å². The van der Waals surface area contributed by atoms with E-state index in [-0.39, 0.29) is 55.6 Å². The van der Waals surface area contributed by atoms with Crippen LogP contribution in [-0.4, -0.2) is 99.0 Å². The van der Waals surface area contributed by atoms with Crippen molar-refractivity contribution >= 4 is 29.2 Å². The summed E-state index contributed by atoms with van der Waals surface area (Å²) in [6.07, 6.45) is 0.837. The van der Waals surface area contributed by atoms with E-state index in [0.717, 1.165) is 0 Å². The van der Waals surface area contributed by atoms with Crippen molar-refractivity contribution in [1.82, 2.24) is 30.0 Å². The second-order valence-corrected chi connectivity index (χ2v) is 9.93. The number of carbonyl (C=O) groups excluding carboxylic acids is 3. The van der Waals surface area contributed by atoms with Gasteiger partial charge in [-0.15, -0.1) is 5.10 Å². The second-order valence-electron chi connectivity index (χ2n) is 9.93. The first-order chi connectivity index (χ1) is 19.7. The van der Waals surface area contributed by atoms with Gasteiger partial charge in [-0.3, -0.25) is 9.59 Å². The van der Waals surface area contributed by atoms with Crippen LogP contribution in [0.1, 0.15) is 24.2 Å². The molecular formula is C27H34N8O6. The summed E-state index contributed by atoms with van der Waals surface area (Å²) in [7, 11) is 3.23. The first kappa shape index (κ1) is 29.3. The van der Waals surface area contributed by atoms with Gasteiger partial charge in [-0.1, -0.05) is 6.92 Å². The molecular weight excluding hydrogens is 532 g/mol. The molecule has 0 radical (unpaired) electrons. The van der Waals surface area contributed by atoms with Crippen molar-refractivity contribution < 1.29 is 29.0 Å². The van der Waals surface area contributed by atoms with Gasteiger partial charge >= 0.3 is 6.03 Å². The van der Waals surface area contributed by atoms with Crippen molar-refractivity contribution in [2.24, 2.45) is 5.92 Å². The average Bonchev–Trinajstić information content (AvgIpc) is 3.48. The van der Waals surface area contributed by atoms with Crippen LogP contribution in [0.25, 0.3) is 0 Å². The van der Waals surface area contributed by atoms with Gasteiger partial charge in [0.15, 0.2) is 0 Å². The van der Waals surface area contributed by atoms with Gasteiger partial charge in [-0.25, -0.2) is 9.48 Å². The van der Waals surface area contributed by atoms with Crippen LogP contribution in [0.5, 0.6) is 11.5 Å². The summed E-state index contributed by atoms with van der Waals surface area (Å²) in [4.78, 5) is 42.2. The number of aliphatic hydroxyl groups is 1. The summed E-state index contributed by atoms with van der Waals surface area (Å²) in [5.74, 6) is 0.0809. The monoisotopic (exact) mass is 566 g/mol. The Hall–Kier alpha value is -4.72. The fraction of sp³-hybridized carbons (Fsp3) is 0.407. The van der Waals surface area contributed by atoms with Crippen molar-refractivity contribution in [3.05, 3.63) is 54.4 Å². The molecule has 1 aliphatic heterocycles. The van der Waals surface area contributed by atoms with Gasteiger partial charge in [0.1, 0.15) is 30.5 Å². The highest BCUT2D eigenvalue weighted by Crippen LogP contribution is 2.31. The molecule has 0 saturated carbocycles. The van der Waals surface area contributed by atoms with Gasteiger partial charge in [0.25, 0.3) is 5.91 Å². The third-order valence-corrected chi connectivity index (χ3v) is 6.79. The Bertz CT molecular complexity index is 1350. The largest absolute Gasteiger partial charge is 0.497 e. The van der Waals surface area contributed by atoms with E-state index in [9.17, 15) is 19.5 Å². The van der Waals surface area contributed by atoms with Gasteiger partial charge in [0.2, 0.25) is 5.91 Å². The van der Waals surface area contributed by atoms with E-state index in [4.69, 9.17) is 9.47 Å². The third kappa shape index (κ3) is 7.28. The number of nitrogens with zero attached hydrogens (tertiary/aromatic N) is 6. The quantitative estimate of drug-likeness (QED) is 0.350. The van der Waals surface area contributed by atoms with E-state index >= 15 is 0 Å². The number of methoxy groups -OCH3 is 1. The molecule has 14 heteroatoms. The van der Waals surface area contributed by atoms with E-state index in [1.54, 1.807) is 68.4 Å². The van der Waals surface area contributed by atoms with Crippen LogP contribution in [0.2, 0.25) is 0 Å². The molecule has 3 N–H and O–H groups in total. The highest BCUT2D eigenvalue weighted by atomic mass is 16.5. The average molecular weight is 567 g/mol. The second kappa shape index (κ2) is 13.1. The molecule has 2 heterocycles. The number of rotatable bonds is 9. The van der Waals surface area contributed by atoms with Crippen LogP contribution in [0.4, 0.5) is 16.2 Å². The van der Waals surface area contributed by atoms with Crippen molar-refractivity contribution in [3.63, 3.8) is 0 Å². The highest BCUT2D eigenvalue weighted by Gasteiger charge is 2.34. The predicted octanol–water partition coefficient (Wildman–Crippen LogP) is 1.70. The van der Waals surface area contributed by atoms with Crippen molar-refractivity contribution in [3.8, 4) is 11.5 Å². The lowest BCUT2D eigenvalue weighted by molar-refractivity contribution is -0.116. The van der Waals surface area contributed by atoms with Gasteiger partial charge in [0, 0.05) is 30.9 Å². The molecule has 41 heavy (non-hydrogen) atoms. The Kier molecular flexibility index (Phi) is 9.34. The van der Waals surface area contributed by atoms with Gasteiger partial charge in [-0.2, -0.15) is 0 Å². The number of hydrogen-bond donors (Lipinski definition) is 3. The van der Waals surface area contributed by atoms with Crippen LogP contribution in [0.3, 0.4) is 0 Å². The Labute approximate surface area is 237 Å². The van der Waals surface area contributed by atoms with E-state index < -0.39 is 12.1 Å². The standard InChI is InChI=1S/C27H34N8O6/c1-17-12-35(18(2)15-36)26(38)22-11-20(29-25(37)14-34-16-28-31-32-34)7-10-23(22)41-24(17)13-33(3)27(39)30-19-5-8-21(40-4)9-6-19/h5-11,16-18,24,36H,12-15H2,1-4H3,(H,29,37)(H,30,39)/t17-,18+,24+/m0/s1. The first-order valence-corrected chi connectivity index (χ1v) is 13.1. The molecule has 2 aromatic carbocycles. The fourth-order valence-electron chi connectivity index (χ4n) is 4.36. The maximum atomic E-state index is 13.6. The van der Waals surface area contributed by atoms with Crippen LogP contribution in [0, 0.1) is 5.92 Å². The lowest BCUT2D eigenvalue weighted by Crippen LogP contribution is -2.50. The van der Waals surface area contributed by atoms with Crippen LogP contribution in [-0.2, 0) is 11.3 Å². The maximum Gasteiger partial charge on any atom is 0.321 e. The lowest BCUT2D eigenvalue weighted by atomic mass is 9.99. The number of aliphatic hydroxyl groups excluding tert-OH is 1. The molecule has 218 valence electrons.